The predicted octanol–water partition coefficient (Wildman–Crippen LogP) is 0.245. The first kappa shape index (κ1) is 21.8. The van der Waals surface area contributed by atoms with Crippen LogP contribution in [0.5, 0.6) is 0 Å². The Morgan fingerprint density at radius 3 is 2.67 bits per heavy atom. The molecule has 0 unspecified atom stereocenters. The fraction of sp³-hybridized carbons (Fsp3) is 0.667. The second-order valence-electron chi connectivity index (χ2n) is 5.26. The molecule has 1 atom stereocenters. The summed E-state index contributed by atoms with van der Waals surface area (Å²) in [5.74, 6) is 0. The van der Waals surface area contributed by atoms with E-state index in [0.29, 0.717) is 36.3 Å². The molecule has 2 heterocycles. The molecule has 1 aromatic heterocycles. The van der Waals surface area contributed by atoms with Crippen molar-refractivity contribution in [2.45, 2.75) is 34.2 Å². The Morgan fingerprint density at radius 2 is 2.12 bits per heavy atom. The number of aliphatic hydroxyl groups is 1. The lowest BCUT2D eigenvalue weighted by atomic mass is 10.1. The Morgan fingerprint density at radius 1 is 1.46 bits per heavy atom. The summed E-state index contributed by atoms with van der Waals surface area (Å²) in [6.07, 6.45) is 1.05. The maximum Gasteiger partial charge on any atom is 0.252 e. The molecular formula is C12H22ClN3O5S3. The number of fused-ring (bicyclic) bond motifs is 1. The van der Waals surface area contributed by atoms with Gasteiger partial charge >= 0.3 is 0 Å². The molecule has 24 heavy (non-hydrogen) atoms. The standard InChI is InChI=1S/C12H21N3O5S3.ClH/c1-2-14-10-8-15(5-3-4-6-16)23(19,20)12-9(10)7-11(21-12)22(13,17)18;/h7,10,14,16H,2-6,8H2,1H3,(H2,13,17,18);1H/t10-;/m0./s1. The van der Waals surface area contributed by atoms with Gasteiger partial charge in [0.2, 0.25) is 10.0 Å². The van der Waals surface area contributed by atoms with Crippen molar-refractivity contribution in [3.63, 3.8) is 0 Å². The molecule has 0 fully saturated rings. The molecule has 140 valence electrons. The molecule has 4 N–H and O–H groups in total. The van der Waals surface area contributed by atoms with Crippen LogP contribution in [0.3, 0.4) is 0 Å². The molecule has 0 saturated heterocycles. The van der Waals surface area contributed by atoms with Gasteiger partial charge in [-0.05, 0) is 25.5 Å². The van der Waals surface area contributed by atoms with Gasteiger partial charge in [0.05, 0.1) is 0 Å². The minimum Gasteiger partial charge on any atom is -0.396 e. The second kappa shape index (κ2) is 8.41. The smallest absolute Gasteiger partial charge is 0.252 e. The molecule has 8 nitrogen and oxygen atoms in total. The first-order valence-corrected chi connectivity index (χ1v) is 11.0. The molecule has 1 aromatic rings. The number of hydrogen-bond donors (Lipinski definition) is 3. The molecule has 0 bridgehead atoms. The Labute approximate surface area is 152 Å². The Bertz CT molecular complexity index is 763. The first-order chi connectivity index (χ1) is 10.7. The molecule has 1 aliphatic heterocycles. The highest BCUT2D eigenvalue weighted by Gasteiger charge is 2.39. The summed E-state index contributed by atoms with van der Waals surface area (Å²) >= 11 is 0.690. The number of thiophene rings is 1. The highest BCUT2D eigenvalue weighted by molar-refractivity contribution is 7.94. The molecule has 2 rings (SSSR count). The molecule has 0 spiro atoms. The van der Waals surface area contributed by atoms with E-state index < -0.39 is 20.0 Å². The van der Waals surface area contributed by atoms with Gasteiger partial charge in [0.25, 0.3) is 10.0 Å². The number of hydrogen-bond acceptors (Lipinski definition) is 7. The summed E-state index contributed by atoms with van der Waals surface area (Å²) in [5, 5.41) is 17.2. The highest BCUT2D eigenvalue weighted by Crippen LogP contribution is 2.39. The maximum atomic E-state index is 12.7. The van der Waals surface area contributed by atoms with E-state index in [0.717, 1.165) is 0 Å². The number of nitrogens with one attached hydrogen (secondary N) is 1. The van der Waals surface area contributed by atoms with Crippen molar-refractivity contribution < 1.29 is 21.9 Å². The second-order valence-corrected chi connectivity index (χ2v) is 10.2. The van der Waals surface area contributed by atoms with E-state index in [9.17, 15) is 16.8 Å². The number of nitrogens with two attached hydrogens (primary N) is 1. The number of primary sulfonamides is 1. The van der Waals surface area contributed by atoms with E-state index in [4.69, 9.17) is 10.2 Å². The van der Waals surface area contributed by atoms with Crippen LogP contribution in [0, 0.1) is 0 Å². The lowest BCUT2D eigenvalue weighted by Gasteiger charge is -2.32. The monoisotopic (exact) mass is 419 g/mol. The zero-order valence-corrected chi connectivity index (χ0v) is 16.4. The molecule has 1 aliphatic rings. The number of unbranched alkanes of at least 4 members (excludes halogenated alkanes) is 1. The Hall–Kier alpha value is -0.270. The molecule has 0 radical (unpaired) electrons. The van der Waals surface area contributed by atoms with Crippen molar-refractivity contribution in [3.8, 4) is 0 Å². The molecule has 0 amide bonds. The van der Waals surface area contributed by atoms with Gasteiger partial charge in [-0.2, -0.15) is 4.31 Å². The maximum absolute atomic E-state index is 12.7. The average Bonchev–Trinajstić information content (AvgIpc) is 2.90. The van der Waals surface area contributed by atoms with Gasteiger partial charge in [0, 0.05) is 31.3 Å². The van der Waals surface area contributed by atoms with Gasteiger partial charge in [-0.3, -0.25) is 0 Å². The van der Waals surface area contributed by atoms with Gasteiger partial charge in [-0.25, -0.2) is 22.0 Å². The number of rotatable bonds is 7. The fourth-order valence-corrected chi connectivity index (χ4v) is 6.81. The molecule has 12 heteroatoms. The number of sulfonamides is 2. The first-order valence-electron chi connectivity index (χ1n) is 7.22. The largest absolute Gasteiger partial charge is 0.396 e. The minimum absolute atomic E-state index is 0. The Kier molecular flexibility index (Phi) is 7.63. The summed E-state index contributed by atoms with van der Waals surface area (Å²) in [5.41, 5.74) is 0.458. The third-order valence-corrected chi connectivity index (χ3v) is 8.55. The van der Waals surface area contributed by atoms with Crippen molar-refractivity contribution in [1.29, 1.82) is 0 Å². The van der Waals surface area contributed by atoms with E-state index >= 15 is 0 Å². The summed E-state index contributed by atoms with van der Waals surface area (Å²) in [7, 11) is -7.69. The topological polar surface area (TPSA) is 130 Å². The van der Waals surface area contributed by atoms with Crippen LogP contribution in [0.15, 0.2) is 14.5 Å². The average molecular weight is 420 g/mol. The van der Waals surface area contributed by atoms with Crippen molar-refractivity contribution in [2.24, 2.45) is 5.14 Å². The fourth-order valence-electron chi connectivity index (χ4n) is 2.50. The number of aliphatic hydroxyl groups excluding tert-OH is 1. The van der Waals surface area contributed by atoms with E-state index in [1.165, 1.54) is 10.4 Å². The molecular weight excluding hydrogens is 398 g/mol. The van der Waals surface area contributed by atoms with Crippen LogP contribution < -0.4 is 10.5 Å². The zero-order valence-electron chi connectivity index (χ0n) is 13.1. The Balaban J connectivity index is 0.00000288. The predicted molar refractivity (Wildman–Crippen MR) is 94.4 cm³/mol. The van der Waals surface area contributed by atoms with Crippen LogP contribution in [0.2, 0.25) is 0 Å². The lowest BCUT2D eigenvalue weighted by molar-refractivity contribution is 0.271. The highest BCUT2D eigenvalue weighted by atomic mass is 35.5. The quantitative estimate of drug-likeness (QED) is 0.543. The molecule has 0 aliphatic carbocycles. The van der Waals surface area contributed by atoms with E-state index in [2.05, 4.69) is 5.32 Å². The summed E-state index contributed by atoms with van der Waals surface area (Å²) in [4.78, 5) is 0. The van der Waals surface area contributed by atoms with Crippen LogP contribution in [0.25, 0.3) is 0 Å². The third kappa shape index (κ3) is 4.47. The van der Waals surface area contributed by atoms with Crippen molar-refractivity contribution in [3.05, 3.63) is 11.6 Å². The third-order valence-electron chi connectivity index (χ3n) is 3.58. The normalized spacial score (nSPS) is 20.4. The lowest BCUT2D eigenvalue weighted by Crippen LogP contribution is -2.43. The van der Waals surface area contributed by atoms with Gasteiger partial charge in [0.1, 0.15) is 8.42 Å². The van der Waals surface area contributed by atoms with Gasteiger partial charge in [0.15, 0.2) is 0 Å². The van der Waals surface area contributed by atoms with Gasteiger partial charge in [-0.15, -0.1) is 23.7 Å². The number of halogens is 1. The zero-order chi connectivity index (χ0) is 17.3. The minimum atomic E-state index is -3.95. The van der Waals surface area contributed by atoms with Crippen molar-refractivity contribution in [2.75, 3.05) is 26.2 Å². The summed E-state index contributed by atoms with van der Waals surface area (Å²) in [6.45, 7) is 3.04. The van der Waals surface area contributed by atoms with Crippen LogP contribution >= 0.6 is 23.7 Å². The van der Waals surface area contributed by atoms with Gasteiger partial charge < -0.3 is 10.4 Å². The van der Waals surface area contributed by atoms with Crippen LogP contribution in [-0.2, 0) is 20.0 Å². The molecule has 0 saturated carbocycles. The van der Waals surface area contributed by atoms with Crippen LogP contribution in [-0.4, -0.2) is 52.5 Å². The van der Waals surface area contributed by atoms with Gasteiger partial charge in [-0.1, -0.05) is 6.92 Å². The molecule has 0 aromatic carbocycles. The van der Waals surface area contributed by atoms with E-state index in [1.54, 1.807) is 0 Å². The van der Waals surface area contributed by atoms with Crippen molar-refractivity contribution >= 4 is 43.8 Å². The van der Waals surface area contributed by atoms with Crippen LogP contribution in [0.1, 0.15) is 31.4 Å². The number of nitrogens with zero attached hydrogens (tertiary/aromatic N) is 1. The summed E-state index contributed by atoms with van der Waals surface area (Å²) < 4.78 is 49.7. The van der Waals surface area contributed by atoms with Crippen molar-refractivity contribution in [1.82, 2.24) is 9.62 Å². The van der Waals surface area contributed by atoms with Crippen LogP contribution in [0.4, 0.5) is 0 Å². The van der Waals surface area contributed by atoms with E-state index in [1.807, 2.05) is 6.92 Å². The van der Waals surface area contributed by atoms with E-state index in [-0.39, 0.29) is 46.6 Å². The number of likely N-dealkylation sites (N-methyl/N-ethyl adjacent to an activating group) is 1. The SMILES string of the molecule is CCN[C@H]1CN(CCCCO)S(=O)(=O)c2sc(S(N)(=O)=O)cc21.Cl. The summed E-state index contributed by atoms with van der Waals surface area (Å²) in [6, 6.07) is 1.07.